The number of halogens is 2. The van der Waals surface area contributed by atoms with Gasteiger partial charge in [0.2, 0.25) is 5.91 Å². The van der Waals surface area contributed by atoms with E-state index in [4.69, 9.17) is 10.1 Å². The van der Waals surface area contributed by atoms with Crippen LogP contribution in [0, 0.1) is 12.3 Å². The molecular formula is C14H16F2N2O2S. The number of anilines is 1. The summed E-state index contributed by atoms with van der Waals surface area (Å²) >= 11 is 1.15. The molecule has 1 aliphatic rings. The predicted octanol–water partition coefficient (Wildman–Crippen LogP) is 3.18. The van der Waals surface area contributed by atoms with Crippen LogP contribution >= 0.6 is 11.8 Å². The minimum absolute atomic E-state index is 0.0256. The summed E-state index contributed by atoms with van der Waals surface area (Å²) in [6.45, 7) is 1.96. The van der Waals surface area contributed by atoms with E-state index in [-0.39, 0.29) is 23.4 Å². The number of nitrogens with zero attached hydrogens (tertiary/aromatic N) is 1. The maximum atomic E-state index is 12.8. The average Bonchev–Trinajstić information content (AvgIpc) is 2.69. The van der Waals surface area contributed by atoms with E-state index in [2.05, 4.69) is 0 Å². The van der Waals surface area contributed by atoms with Gasteiger partial charge in [0, 0.05) is 12.5 Å². The average molecular weight is 314 g/mol. The molecule has 0 unspecified atom stereocenters. The number of carbonyl (C=O) groups excluding carboxylic acids is 1. The minimum atomic E-state index is -2.89. The second-order valence-corrected chi connectivity index (χ2v) is 5.98. The highest BCUT2D eigenvalue weighted by Crippen LogP contribution is 2.30. The van der Waals surface area contributed by atoms with Crippen LogP contribution in [0.5, 0.6) is 0 Å². The van der Waals surface area contributed by atoms with Crippen molar-refractivity contribution < 1.29 is 18.3 Å². The Kier molecular flexibility index (Phi) is 4.63. The van der Waals surface area contributed by atoms with Gasteiger partial charge in [0.1, 0.15) is 6.61 Å². The molecule has 1 saturated heterocycles. The second kappa shape index (κ2) is 6.11. The maximum Gasteiger partial charge on any atom is 0.268 e. The van der Waals surface area contributed by atoms with Crippen molar-refractivity contribution >= 4 is 28.5 Å². The van der Waals surface area contributed by atoms with Crippen LogP contribution in [0.3, 0.4) is 0 Å². The van der Waals surface area contributed by atoms with Crippen LogP contribution in [-0.2, 0) is 16.1 Å². The van der Waals surface area contributed by atoms with Gasteiger partial charge < -0.3 is 4.74 Å². The van der Waals surface area contributed by atoms with E-state index < -0.39 is 12.5 Å². The molecule has 114 valence electrons. The largest absolute Gasteiger partial charge is 0.370 e. The molecular weight excluding hydrogens is 298 g/mol. The number of carbonyl (C=O) groups is 1. The standard InChI is InChI=1S/C14H16F2N2O2S/c1-9-3-4-11(18-12(19)7-21-13(18)17)10(5-9)6-20-8-14(2,15)16/h3-5,17H,6-8H2,1-2H3. The molecule has 1 fully saturated rings. The molecule has 1 aromatic carbocycles. The Balaban J connectivity index is 2.21. The lowest BCUT2D eigenvalue weighted by Gasteiger charge is -2.20. The van der Waals surface area contributed by atoms with Crippen LogP contribution in [-0.4, -0.2) is 29.4 Å². The second-order valence-electron chi connectivity index (χ2n) is 5.02. The Morgan fingerprint density at radius 3 is 2.76 bits per heavy atom. The Hall–Kier alpha value is -1.47. The van der Waals surface area contributed by atoms with Crippen LogP contribution in [0.2, 0.25) is 0 Å². The summed E-state index contributed by atoms with van der Waals surface area (Å²) in [7, 11) is 0. The number of ether oxygens (including phenoxy) is 1. The number of amides is 1. The van der Waals surface area contributed by atoms with Crippen molar-refractivity contribution in [2.75, 3.05) is 17.3 Å². The lowest BCUT2D eigenvalue weighted by Crippen LogP contribution is -2.30. The van der Waals surface area contributed by atoms with Crippen LogP contribution in [0.4, 0.5) is 14.5 Å². The SMILES string of the molecule is Cc1ccc(N2C(=N)SCC2=O)c(COCC(C)(F)F)c1. The molecule has 1 amide bonds. The van der Waals surface area contributed by atoms with Crippen LogP contribution in [0.25, 0.3) is 0 Å². The van der Waals surface area contributed by atoms with Crippen molar-refractivity contribution in [3.8, 4) is 0 Å². The molecule has 0 bridgehead atoms. The maximum absolute atomic E-state index is 12.8. The molecule has 21 heavy (non-hydrogen) atoms. The molecule has 1 aliphatic heterocycles. The predicted molar refractivity (Wildman–Crippen MR) is 79.1 cm³/mol. The fraction of sp³-hybridized carbons (Fsp3) is 0.429. The topological polar surface area (TPSA) is 53.4 Å². The highest BCUT2D eigenvalue weighted by atomic mass is 32.2. The summed E-state index contributed by atoms with van der Waals surface area (Å²) in [6, 6.07) is 5.32. The molecule has 0 saturated carbocycles. The number of amidine groups is 1. The van der Waals surface area contributed by atoms with Gasteiger partial charge in [-0.2, -0.15) is 0 Å². The van der Waals surface area contributed by atoms with Crippen molar-refractivity contribution in [1.82, 2.24) is 0 Å². The van der Waals surface area contributed by atoms with Gasteiger partial charge >= 0.3 is 0 Å². The first-order chi connectivity index (χ1) is 9.78. The van der Waals surface area contributed by atoms with Gasteiger partial charge in [0.15, 0.2) is 5.17 Å². The summed E-state index contributed by atoms with van der Waals surface area (Å²) in [5.74, 6) is -2.85. The van der Waals surface area contributed by atoms with E-state index in [1.807, 2.05) is 13.0 Å². The van der Waals surface area contributed by atoms with E-state index >= 15 is 0 Å². The highest BCUT2D eigenvalue weighted by molar-refractivity contribution is 8.15. The van der Waals surface area contributed by atoms with Crippen molar-refractivity contribution in [3.63, 3.8) is 0 Å². The Morgan fingerprint density at radius 1 is 1.48 bits per heavy atom. The quantitative estimate of drug-likeness (QED) is 0.908. The van der Waals surface area contributed by atoms with Crippen molar-refractivity contribution in [3.05, 3.63) is 29.3 Å². The Morgan fingerprint density at radius 2 is 2.19 bits per heavy atom. The van der Waals surface area contributed by atoms with Gasteiger partial charge in [-0.1, -0.05) is 29.5 Å². The van der Waals surface area contributed by atoms with Gasteiger partial charge in [-0.05, 0) is 13.0 Å². The minimum Gasteiger partial charge on any atom is -0.370 e. The van der Waals surface area contributed by atoms with Gasteiger partial charge in [0.05, 0.1) is 18.0 Å². The molecule has 0 aliphatic carbocycles. The molecule has 4 nitrogen and oxygen atoms in total. The van der Waals surface area contributed by atoms with Crippen molar-refractivity contribution in [2.45, 2.75) is 26.4 Å². The smallest absolute Gasteiger partial charge is 0.268 e. The molecule has 0 aromatic heterocycles. The molecule has 0 radical (unpaired) electrons. The Labute approximate surface area is 126 Å². The summed E-state index contributed by atoms with van der Waals surface area (Å²) in [6.07, 6.45) is 0. The van der Waals surface area contributed by atoms with Crippen molar-refractivity contribution in [2.24, 2.45) is 0 Å². The first-order valence-corrected chi connectivity index (χ1v) is 7.36. The normalized spacial score (nSPS) is 15.9. The van der Waals surface area contributed by atoms with Gasteiger partial charge in [-0.25, -0.2) is 8.78 Å². The fourth-order valence-electron chi connectivity index (χ4n) is 2.00. The monoisotopic (exact) mass is 314 g/mol. The van der Waals surface area contributed by atoms with E-state index in [1.165, 1.54) is 4.90 Å². The molecule has 1 heterocycles. The van der Waals surface area contributed by atoms with Gasteiger partial charge in [-0.15, -0.1) is 0 Å². The van der Waals surface area contributed by atoms with Gasteiger partial charge in [-0.3, -0.25) is 15.1 Å². The molecule has 0 atom stereocenters. The lowest BCUT2D eigenvalue weighted by molar-refractivity contribution is -0.115. The number of hydrogen-bond donors (Lipinski definition) is 1. The molecule has 7 heteroatoms. The number of hydrogen-bond acceptors (Lipinski definition) is 4. The zero-order valence-electron chi connectivity index (χ0n) is 11.8. The molecule has 0 spiro atoms. The summed E-state index contributed by atoms with van der Waals surface area (Å²) in [4.78, 5) is 13.2. The molecule has 2 rings (SSSR count). The number of thioether (sulfide) groups is 1. The van der Waals surface area contributed by atoms with E-state index in [1.54, 1.807) is 12.1 Å². The third-order valence-corrected chi connectivity index (χ3v) is 3.72. The third kappa shape index (κ3) is 4.01. The Bertz CT molecular complexity index is 557. The summed E-state index contributed by atoms with van der Waals surface area (Å²) < 4.78 is 30.7. The number of rotatable bonds is 5. The molecule has 1 N–H and O–H groups in total. The number of benzene rings is 1. The first kappa shape index (κ1) is 15.9. The van der Waals surface area contributed by atoms with E-state index in [9.17, 15) is 13.6 Å². The number of aryl methyl sites for hydroxylation is 1. The third-order valence-electron chi connectivity index (χ3n) is 2.87. The summed E-state index contributed by atoms with van der Waals surface area (Å²) in [5.41, 5.74) is 2.09. The van der Waals surface area contributed by atoms with Crippen molar-refractivity contribution in [1.29, 1.82) is 5.41 Å². The van der Waals surface area contributed by atoms with E-state index in [0.717, 1.165) is 24.2 Å². The molecule has 1 aromatic rings. The number of alkyl halides is 2. The highest BCUT2D eigenvalue weighted by Gasteiger charge is 2.30. The number of nitrogens with one attached hydrogen (secondary N) is 1. The zero-order chi connectivity index (χ0) is 15.6. The fourth-order valence-corrected chi connectivity index (χ4v) is 2.72. The van der Waals surface area contributed by atoms with Crippen LogP contribution < -0.4 is 4.90 Å². The van der Waals surface area contributed by atoms with Crippen LogP contribution in [0.15, 0.2) is 18.2 Å². The zero-order valence-corrected chi connectivity index (χ0v) is 12.6. The van der Waals surface area contributed by atoms with E-state index in [0.29, 0.717) is 11.3 Å². The lowest BCUT2D eigenvalue weighted by atomic mass is 10.1. The summed E-state index contributed by atoms with van der Waals surface area (Å²) in [5, 5.41) is 7.95. The van der Waals surface area contributed by atoms with Gasteiger partial charge in [0.25, 0.3) is 5.92 Å². The van der Waals surface area contributed by atoms with Crippen LogP contribution in [0.1, 0.15) is 18.1 Å². The first-order valence-electron chi connectivity index (χ1n) is 6.37.